The molecule has 0 unspecified atom stereocenters. The van der Waals surface area contributed by atoms with Gasteiger partial charge in [0.2, 0.25) is 0 Å². The van der Waals surface area contributed by atoms with Crippen molar-refractivity contribution < 1.29 is 9.15 Å². The Morgan fingerprint density at radius 2 is 1.63 bits per heavy atom. The quantitative estimate of drug-likeness (QED) is 0.336. The Bertz CT molecular complexity index is 1380. The number of methoxy groups -OCH3 is 1. The molecule has 0 atom stereocenters. The molecule has 0 aliphatic heterocycles. The molecule has 3 heterocycles. The van der Waals surface area contributed by atoms with Gasteiger partial charge in [-0.1, -0.05) is 18.2 Å². The van der Waals surface area contributed by atoms with Crippen molar-refractivity contribution in [3.8, 4) is 28.3 Å². The molecule has 0 N–H and O–H groups in total. The molecule has 0 fully saturated rings. The third-order valence-electron chi connectivity index (χ3n) is 4.71. The van der Waals surface area contributed by atoms with E-state index in [-0.39, 0.29) is 5.63 Å². The van der Waals surface area contributed by atoms with Crippen LogP contribution in [0, 0.1) is 0 Å². The van der Waals surface area contributed by atoms with Crippen LogP contribution in [0.25, 0.3) is 33.5 Å². The van der Waals surface area contributed by atoms with Gasteiger partial charge in [-0.3, -0.25) is 0 Å². The minimum Gasteiger partial charge on any atom is -0.497 e. The van der Waals surface area contributed by atoms with Crippen molar-refractivity contribution in [2.24, 2.45) is 0 Å². The molecule has 2 aromatic carbocycles. The van der Waals surface area contributed by atoms with Crippen molar-refractivity contribution in [1.29, 1.82) is 0 Å². The molecule has 0 saturated carbocycles. The summed E-state index contributed by atoms with van der Waals surface area (Å²) in [6, 6.07) is 17.2. The van der Waals surface area contributed by atoms with E-state index in [9.17, 15) is 4.79 Å². The number of ether oxygens (including phenoxy) is 1. The van der Waals surface area contributed by atoms with Crippen LogP contribution in [0.15, 0.2) is 74.6 Å². The lowest BCUT2D eigenvalue weighted by Gasteiger charge is -2.00. The van der Waals surface area contributed by atoms with Gasteiger partial charge in [-0.15, -0.1) is 22.7 Å². The number of para-hydroxylation sites is 1. The maximum atomic E-state index is 12.4. The van der Waals surface area contributed by atoms with Gasteiger partial charge >= 0.3 is 5.63 Å². The monoisotopic (exact) mass is 432 g/mol. The number of hydrogen-bond donors (Lipinski definition) is 0. The number of nitrogens with zero attached hydrogens (tertiary/aromatic N) is 2. The first-order valence-corrected chi connectivity index (χ1v) is 11.0. The van der Waals surface area contributed by atoms with E-state index in [1.54, 1.807) is 24.5 Å². The van der Waals surface area contributed by atoms with Crippen LogP contribution < -0.4 is 10.4 Å². The second-order valence-corrected chi connectivity index (χ2v) is 8.53. The molecule has 0 bridgehead atoms. The first-order valence-electron chi connectivity index (χ1n) is 9.26. The van der Waals surface area contributed by atoms with Gasteiger partial charge in [-0.2, -0.15) is 0 Å². The van der Waals surface area contributed by atoms with Crippen LogP contribution in [0.4, 0.5) is 0 Å². The van der Waals surface area contributed by atoms with Crippen molar-refractivity contribution in [3.05, 3.63) is 85.8 Å². The minimum absolute atomic E-state index is 0.374. The Balaban J connectivity index is 1.38. The molecule has 0 radical (unpaired) electrons. The van der Waals surface area contributed by atoms with Gasteiger partial charge in [0.05, 0.1) is 30.5 Å². The third kappa shape index (κ3) is 3.65. The van der Waals surface area contributed by atoms with E-state index in [1.807, 2.05) is 59.3 Å². The van der Waals surface area contributed by atoms with Crippen molar-refractivity contribution in [1.82, 2.24) is 9.97 Å². The Kier molecular flexibility index (Phi) is 4.90. The van der Waals surface area contributed by atoms with Crippen LogP contribution in [0.5, 0.6) is 5.75 Å². The van der Waals surface area contributed by atoms with Gasteiger partial charge in [0.1, 0.15) is 21.3 Å². The molecule has 148 valence electrons. The van der Waals surface area contributed by atoms with Gasteiger partial charge in [0.15, 0.2) is 0 Å². The molecule has 0 saturated heterocycles. The predicted molar refractivity (Wildman–Crippen MR) is 121 cm³/mol. The second-order valence-electron chi connectivity index (χ2n) is 6.64. The molecule has 5 aromatic rings. The van der Waals surface area contributed by atoms with Crippen LogP contribution in [0.3, 0.4) is 0 Å². The summed E-state index contributed by atoms with van der Waals surface area (Å²) in [7, 11) is 1.65. The van der Waals surface area contributed by atoms with E-state index in [0.717, 1.165) is 32.4 Å². The fourth-order valence-electron chi connectivity index (χ4n) is 3.17. The first kappa shape index (κ1) is 18.7. The molecule has 5 nitrogen and oxygen atoms in total. The molecule has 5 rings (SSSR count). The molecule has 0 aliphatic rings. The highest BCUT2D eigenvalue weighted by Gasteiger charge is 2.13. The summed E-state index contributed by atoms with van der Waals surface area (Å²) in [5.41, 5.74) is 3.31. The van der Waals surface area contributed by atoms with Gasteiger partial charge in [0.25, 0.3) is 0 Å². The van der Waals surface area contributed by atoms with E-state index in [2.05, 4.69) is 4.98 Å². The highest BCUT2D eigenvalue weighted by molar-refractivity contribution is 7.11. The standard InChI is InChI=1S/C23H16N2O3S2/c1-27-16-8-6-14(7-9-16)18-12-29-21(24-18)11-22-25-19(13-30-22)17-10-15-4-2-3-5-20(15)28-23(17)26/h2-10,12-13H,11H2,1H3. The minimum atomic E-state index is -0.374. The van der Waals surface area contributed by atoms with Crippen molar-refractivity contribution >= 4 is 33.6 Å². The number of thiazole rings is 2. The van der Waals surface area contributed by atoms with Crippen LogP contribution in [-0.4, -0.2) is 17.1 Å². The average Bonchev–Trinajstić information content (AvgIpc) is 3.43. The maximum absolute atomic E-state index is 12.4. The normalized spacial score (nSPS) is 11.1. The number of benzene rings is 2. The zero-order valence-corrected chi connectivity index (χ0v) is 17.6. The zero-order chi connectivity index (χ0) is 20.5. The molecule has 7 heteroatoms. The topological polar surface area (TPSA) is 65.2 Å². The highest BCUT2D eigenvalue weighted by Crippen LogP contribution is 2.28. The molecule has 0 spiro atoms. The fraction of sp³-hybridized carbons (Fsp3) is 0.0870. The van der Waals surface area contributed by atoms with Crippen LogP contribution >= 0.6 is 22.7 Å². The second kappa shape index (κ2) is 7.85. The van der Waals surface area contributed by atoms with Crippen LogP contribution in [0.2, 0.25) is 0 Å². The summed E-state index contributed by atoms with van der Waals surface area (Å²) in [6.07, 6.45) is 0.629. The summed E-state index contributed by atoms with van der Waals surface area (Å²) >= 11 is 3.13. The zero-order valence-electron chi connectivity index (χ0n) is 16.0. The lowest BCUT2D eigenvalue weighted by Crippen LogP contribution is -2.02. The summed E-state index contributed by atoms with van der Waals surface area (Å²) in [5, 5.41) is 6.71. The Labute approximate surface area is 180 Å². The summed E-state index contributed by atoms with van der Waals surface area (Å²) < 4.78 is 10.6. The molecule has 0 aliphatic carbocycles. The summed E-state index contributed by atoms with van der Waals surface area (Å²) in [5.74, 6) is 0.822. The maximum Gasteiger partial charge on any atom is 0.345 e. The van der Waals surface area contributed by atoms with Gasteiger partial charge < -0.3 is 9.15 Å². The largest absolute Gasteiger partial charge is 0.497 e. The number of fused-ring (bicyclic) bond motifs is 1. The Morgan fingerprint density at radius 1 is 0.933 bits per heavy atom. The smallest absolute Gasteiger partial charge is 0.345 e. The van der Waals surface area contributed by atoms with Crippen molar-refractivity contribution in [2.75, 3.05) is 7.11 Å². The van der Waals surface area contributed by atoms with Crippen LogP contribution in [-0.2, 0) is 6.42 Å². The van der Waals surface area contributed by atoms with E-state index in [4.69, 9.17) is 14.1 Å². The van der Waals surface area contributed by atoms with E-state index < -0.39 is 0 Å². The Hall–Kier alpha value is -3.29. The van der Waals surface area contributed by atoms with E-state index in [0.29, 0.717) is 23.3 Å². The highest BCUT2D eigenvalue weighted by atomic mass is 32.1. The Morgan fingerprint density at radius 3 is 2.40 bits per heavy atom. The molecular formula is C23H16N2O3S2. The van der Waals surface area contributed by atoms with E-state index in [1.165, 1.54) is 11.3 Å². The SMILES string of the molecule is COc1ccc(-c2csc(Cc3nc(-c4cc5ccccc5oc4=O)cs3)n2)cc1. The average molecular weight is 433 g/mol. The predicted octanol–water partition coefficient (Wildman–Crippen LogP) is 5.64. The molecule has 0 amide bonds. The van der Waals surface area contributed by atoms with Crippen molar-refractivity contribution in [3.63, 3.8) is 0 Å². The third-order valence-corrected chi connectivity index (χ3v) is 6.41. The van der Waals surface area contributed by atoms with Gasteiger partial charge in [-0.25, -0.2) is 14.8 Å². The summed E-state index contributed by atoms with van der Waals surface area (Å²) in [6.45, 7) is 0. The number of rotatable bonds is 5. The fourth-order valence-corrected chi connectivity index (χ4v) is 4.87. The van der Waals surface area contributed by atoms with Gasteiger partial charge in [-0.05, 0) is 36.4 Å². The van der Waals surface area contributed by atoms with Crippen LogP contribution in [0.1, 0.15) is 10.0 Å². The number of aromatic nitrogens is 2. The first-order chi connectivity index (χ1) is 14.7. The van der Waals surface area contributed by atoms with E-state index >= 15 is 0 Å². The lowest BCUT2D eigenvalue weighted by molar-refractivity contribution is 0.415. The molecular weight excluding hydrogens is 416 g/mol. The lowest BCUT2D eigenvalue weighted by atomic mass is 10.1. The van der Waals surface area contributed by atoms with Gasteiger partial charge in [0, 0.05) is 21.7 Å². The summed E-state index contributed by atoms with van der Waals surface area (Å²) in [4.78, 5) is 21.8. The van der Waals surface area contributed by atoms with Crippen molar-refractivity contribution in [2.45, 2.75) is 6.42 Å². The molecule has 3 aromatic heterocycles. The number of hydrogen-bond acceptors (Lipinski definition) is 7. The molecule has 30 heavy (non-hydrogen) atoms.